The van der Waals surface area contributed by atoms with Crippen LogP contribution in [0.5, 0.6) is 0 Å². The van der Waals surface area contributed by atoms with Crippen molar-refractivity contribution < 1.29 is 0 Å². The van der Waals surface area contributed by atoms with E-state index in [-0.39, 0.29) is 10.8 Å². The van der Waals surface area contributed by atoms with Gasteiger partial charge in [0.2, 0.25) is 0 Å². The summed E-state index contributed by atoms with van der Waals surface area (Å²) in [7, 11) is 0. The summed E-state index contributed by atoms with van der Waals surface area (Å²) in [5.41, 5.74) is 8.33. The molecule has 0 saturated carbocycles. The highest BCUT2D eigenvalue weighted by molar-refractivity contribution is 6.82. The molecule has 5 aliphatic rings. The smallest absolute Gasteiger partial charge is 0.0505 e. The number of likely N-dealkylation sites (tertiary alicyclic amines) is 1. The van der Waals surface area contributed by atoms with Crippen LogP contribution in [0.15, 0.2) is 30.3 Å². The maximum atomic E-state index is 3.03. The largest absolute Gasteiger partial charge is 0.297 e. The van der Waals surface area contributed by atoms with Gasteiger partial charge in [0, 0.05) is 19.6 Å². The minimum Gasteiger partial charge on any atom is -0.297 e. The number of benzene rings is 19. The molecule has 1 aliphatic heterocycles. The van der Waals surface area contributed by atoms with Crippen molar-refractivity contribution >= 4 is 291 Å². The molecule has 34 rings (SSSR count). The van der Waals surface area contributed by atoms with Crippen LogP contribution in [-0.4, -0.2) is 18.0 Å². The lowest BCUT2D eigenvalue weighted by Crippen LogP contribution is -2.51. The monoisotopic (exact) mass is 853 g/mol. The first kappa shape index (κ1) is 25.8. The van der Waals surface area contributed by atoms with Crippen LogP contribution in [0.3, 0.4) is 0 Å². The van der Waals surface area contributed by atoms with Crippen molar-refractivity contribution in [3.05, 3.63) is 58.1 Å². The van der Waals surface area contributed by atoms with Gasteiger partial charge in [-0.25, -0.2) is 0 Å². The SMILES string of the molecule is c1ccc(CN2CC34c5c6c7c8c9c%10c(c%11c%12c3c3c5c5c%13c6c6c7c7c9c9c%14c%10c%10c%11c%11c%12c%12c3c3c5c5c%13c%13c6c6c7c9c7c9c%14c%10c%10c%11c%11c%12c3c3c5c5c%13c6c7c6c9c%10c%11c3c56)C84C2)cc1. The van der Waals surface area contributed by atoms with E-state index in [1.54, 1.807) is 313 Å². The molecule has 1 nitrogen and oxygen atoms in total. The van der Waals surface area contributed by atoms with E-state index in [4.69, 9.17) is 0 Å². The summed E-state index contributed by atoms with van der Waals surface area (Å²) in [6.07, 6.45) is 0. The summed E-state index contributed by atoms with van der Waals surface area (Å²) in [5.74, 6) is 0. The predicted octanol–water partition coefficient (Wildman–Crippen LogP) is 17.8. The number of nitrogens with zero attached hydrogens (tertiary/aromatic N) is 1. The van der Waals surface area contributed by atoms with Gasteiger partial charge in [0.15, 0.2) is 0 Å². The zero-order valence-electron chi connectivity index (χ0n) is 36.0. The van der Waals surface area contributed by atoms with E-state index in [0.29, 0.717) is 0 Å². The minimum atomic E-state index is -0.173. The highest BCUT2D eigenvalue weighted by atomic mass is 15.2. The number of hydrogen-bond acceptors (Lipinski definition) is 1. The van der Waals surface area contributed by atoms with Crippen molar-refractivity contribution in [3.63, 3.8) is 0 Å². The molecule has 1 heterocycles. The van der Waals surface area contributed by atoms with Gasteiger partial charge in [0.1, 0.15) is 0 Å². The average Bonchev–Trinajstić information content (AvgIpc) is 4.35. The van der Waals surface area contributed by atoms with Gasteiger partial charge >= 0.3 is 0 Å². The van der Waals surface area contributed by atoms with Crippen LogP contribution < -0.4 is 0 Å². The fourth-order valence-corrected chi connectivity index (χ4v) is 25.8. The molecule has 0 bridgehead atoms. The van der Waals surface area contributed by atoms with Crippen LogP contribution in [0.2, 0.25) is 0 Å². The molecular weight excluding hydrogens is 843 g/mol. The van der Waals surface area contributed by atoms with Gasteiger partial charge in [-0.3, -0.25) is 4.90 Å². The van der Waals surface area contributed by atoms with Crippen molar-refractivity contribution in [1.82, 2.24) is 4.90 Å². The molecule has 0 aromatic heterocycles. The third-order valence-electron chi connectivity index (χ3n) is 25.9. The van der Waals surface area contributed by atoms with Crippen molar-refractivity contribution in [1.29, 1.82) is 0 Å². The van der Waals surface area contributed by atoms with Crippen molar-refractivity contribution in [2.24, 2.45) is 0 Å². The Balaban J connectivity index is 1.14. The Bertz CT molecular complexity index is 6760. The van der Waals surface area contributed by atoms with Gasteiger partial charge in [-0.2, -0.15) is 0 Å². The number of rotatable bonds is 2. The molecule has 0 N–H and O–H groups in total. The molecule has 0 radical (unpaired) electrons. The standard InChI is InChI=1S/C69H11N/c1-2-4-9(5-3-1)6-70-7-68-64-56-48-38-28-20-12-10-11-14-18-16(12)24-32-26(18)36-30-22(14)23-15(11)19-17-13(10)21(20)29-35-25(17)33-27(19)37-31(23)41-40(30)50-44(36)54-46(32)52(42(48)34(24)28)60(64)62(54)66-58(50)59-51(41)45(37)55-47(33)53-43(35)49(39(29)38)57(56)65(68)61(53)63(55)67(59)69(66,68)8-70/h1-5H,6-8H2. The van der Waals surface area contributed by atoms with Crippen molar-refractivity contribution in [2.75, 3.05) is 13.1 Å². The molecule has 0 atom stereocenters. The minimum absolute atomic E-state index is 0.173. The van der Waals surface area contributed by atoms with E-state index in [0.717, 1.165) is 19.6 Å². The second-order valence-electron chi connectivity index (χ2n) is 26.2. The zero-order valence-corrected chi connectivity index (χ0v) is 36.0. The van der Waals surface area contributed by atoms with Crippen LogP contribution in [0.25, 0.3) is 291 Å². The van der Waals surface area contributed by atoms with Crippen molar-refractivity contribution in [2.45, 2.75) is 17.4 Å². The first-order valence-corrected chi connectivity index (χ1v) is 26.4. The normalized spacial score (nSPS) is 22.9. The lowest BCUT2D eigenvalue weighted by atomic mass is 9.50. The second-order valence-corrected chi connectivity index (χ2v) is 26.2. The fraction of sp³-hybridized carbons (Fsp3) is 0.0725. The van der Waals surface area contributed by atoms with Crippen LogP contribution in [0.4, 0.5) is 0 Å². The molecular formula is C69H11N. The Hall–Kier alpha value is -8.36. The highest BCUT2D eigenvalue weighted by Gasteiger charge is 2.72. The molecule has 1 heteroatoms. The molecule has 29 aromatic rings. The fourth-order valence-electron chi connectivity index (χ4n) is 25.8. The molecule has 4 aliphatic carbocycles. The van der Waals surface area contributed by atoms with Crippen LogP contribution >= 0.6 is 0 Å². The van der Waals surface area contributed by atoms with E-state index in [1.165, 1.54) is 5.56 Å². The number of hydrogen-bond donors (Lipinski definition) is 0. The van der Waals surface area contributed by atoms with Crippen LogP contribution in [0, 0.1) is 0 Å². The third-order valence-corrected chi connectivity index (χ3v) is 25.9. The summed E-state index contributed by atoms with van der Waals surface area (Å²) in [6, 6.07) is 11.6. The molecule has 0 unspecified atom stereocenters. The Morgan fingerprint density at radius 3 is 0.543 bits per heavy atom. The molecule has 1 saturated heterocycles. The summed E-state index contributed by atoms with van der Waals surface area (Å²) in [4.78, 5) is 3.03. The van der Waals surface area contributed by atoms with Gasteiger partial charge in [-0.05, 0) is 319 Å². The Labute approximate surface area is 382 Å². The Morgan fingerprint density at radius 2 is 0.371 bits per heavy atom. The second kappa shape index (κ2) is 5.87. The topological polar surface area (TPSA) is 3.24 Å². The summed E-state index contributed by atoms with van der Waals surface area (Å²) in [6.45, 7) is 3.20. The van der Waals surface area contributed by atoms with E-state index in [1.807, 2.05) is 0 Å². The molecule has 2 spiro atoms. The summed E-state index contributed by atoms with van der Waals surface area (Å²) in [5, 5.41) is 91.1. The summed E-state index contributed by atoms with van der Waals surface area (Å²) >= 11 is 0. The highest BCUT2D eigenvalue weighted by Crippen LogP contribution is 2.85. The Kier molecular flexibility index (Phi) is 2.17. The van der Waals surface area contributed by atoms with E-state index < -0.39 is 0 Å². The molecule has 70 heavy (non-hydrogen) atoms. The van der Waals surface area contributed by atoms with E-state index in [9.17, 15) is 0 Å². The lowest BCUT2D eigenvalue weighted by Gasteiger charge is -2.49. The first-order valence-electron chi connectivity index (χ1n) is 26.4. The van der Waals surface area contributed by atoms with E-state index >= 15 is 0 Å². The average molecular weight is 854 g/mol. The predicted molar refractivity (Wildman–Crippen MR) is 296 cm³/mol. The van der Waals surface area contributed by atoms with E-state index in [2.05, 4.69) is 35.2 Å². The van der Waals surface area contributed by atoms with Crippen molar-refractivity contribution in [3.8, 4) is 0 Å². The molecule has 292 valence electrons. The summed E-state index contributed by atoms with van der Waals surface area (Å²) < 4.78 is 0. The zero-order chi connectivity index (χ0) is 41.3. The molecule has 0 amide bonds. The van der Waals surface area contributed by atoms with Crippen LogP contribution in [-0.2, 0) is 17.4 Å². The van der Waals surface area contributed by atoms with Gasteiger partial charge in [-0.15, -0.1) is 0 Å². The van der Waals surface area contributed by atoms with Crippen LogP contribution in [0.1, 0.15) is 27.8 Å². The molecule has 1 fully saturated rings. The molecule has 29 aromatic carbocycles. The van der Waals surface area contributed by atoms with Gasteiger partial charge < -0.3 is 0 Å². The quantitative estimate of drug-likeness (QED) is 0.157. The van der Waals surface area contributed by atoms with Gasteiger partial charge in [-0.1, -0.05) is 30.3 Å². The maximum Gasteiger partial charge on any atom is 0.0505 e. The van der Waals surface area contributed by atoms with Gasteiger partial charge in [0.05, 0.1) is 10.8 Å². The lowest BCUT2D eigenvalue weighted by molar-refractivity contribution is 0.313. The maximum absolute atomic E-state index is 3.03. The first-order chi connectivity index (χ1) is 34.9. The third kappa shape index (κ3) is 1.37. The Morgan fingerprint density at radius 1 is 0.214 bits per heavy atom. The van der Waals surface area contributed by atoms with Gasteiger partial charge in [0.25, 0.3) is 0 Å².